The van der Waals surface area contributed by atoms with Crippen molar-refractivity contribution in [2.75, 3.05) is 73.3 Å². The van der Waals surface area contributed by atoms with Gasteiger partial charge >= 0.3 is 7.82 Å². The Hall–Kier alpha value is -0.0500. The minimum Gasteiger partial charge on any atom is -0.379 e. The summed E-state index contributed by atoms with van der Waals surface area (Å²) in [5.41, 5.74) is 0. The van der Waals surface area contributed by atoms with E-state index in [4.69, 9.17) is 18.5 Å². The second-order valence-electron chi connectivity index (χ2n) is 9.21. The van der Waals surface area contributed by atoms with Crippen molar-refractivity contribution in [2.24, 2.45) is 0 Å². The van der Waals surface area contributed by atoms with Gasteiger partial charge in [0.1, 0.15) is 6.10 Å². The van der Waals surface area contributed by atoms with Crippen LogP contribution in [0.5, 0.6) is 0 Å². The van der Waals surface area contributed by atoms with Crippen LogP contribution in [0.4, 0.5) is 0 Å². The Kier molecular flexibility index (Phi) is 18.9. The number of hydrogen-bond acceptors (Lipinski definition) is 7. The van der Waals surface area contributed by atoms with Gasteiger partial charge < -0.3 is 19.3 Å². The van der Waals surface area contributed by atoms with Gasteiger partial charge in [0.25, 0.3) is 0 Å². The number of phosphoric ester groups is 1. The van der Waals surface area contributed by atoms with Crippen LogP contribution in [0.15, 0.2) is 0 Å². The van der Waals surface area contributed by atoms with Crippen molar-refractivity contribution in [1.82, 2.24) is 9.80 Å². The van der Waals surface area contributed by atoms with E-state index in [1.807, 2.05) is 0 Å². The molecule has 1 N–H and O–H groups in total. The third kappa shape index (κ3) is 18.0. The van der Waals surface area contributed by atoms with Gasteiger partial charge in [0, 0.05) is 46.4 Å². The lowest BCUT2D eigenvalue weighted by Crippen LogP contribution is -2.45. The predicted octanol–water partition coefficient (Wildman–Crippen LogP) is 4.71. The van der Waals surface area contributed by atoms with Gasteiger partial charge in [-0.3, -0.25) is 13.9 Å². The highest BCUT2D eigenvalue weighted by Gasteiger charge is 2.24. The van der Waals surface area contributed by atoms with Crippen LogP contribution in [0.1, 0.15) is 77.6 Å². The lowest BCUT2D eigenvalue weighted by molar-refractivity contribution is -0.0225. The second kappa shape index (κ2) is 20.2. The summed E-state index contributed by atoms with van der Waals surface area (Å²) in [7, 11) is -0.437. The molecule has 0 radical (unpaired) electrons. The molecule has 2 unspecified atom stereocenters. The normalized spacial score (nSPS) is 18.4. The smallest absolute Gasteiger partial charge is 0.379 e. The topological polar surface area (TPSA) is 80.7 Å². The first-order valence-corrected chi connectivity index (χ1v) is 14.6. The van der Waals surface area contributed by atoms with Crippen molar-refractivity contribution < 1.29 is 28.0 Å². The molecule has 0 saturated carbocycles. The number of piperazine rings is 1. The van der Waals surface area contributed by atoms with Crippen LogP contribution < -0.4 is 0 Å². The molecule has 1 rings (SSSR count). The quantitative estimate of drug-likeness (QED) is 0.171. The van der Waals surface area contributed by atoms with Crippen molar-refractivity contribution in [2.45, 2.75) is 83.7 Å². The Morgan fingerprint density at radius 1 is 0.818 bits per heavy atom. The molecular formula is C24H51N2O6P. The van der Waals surface area contributed by atoms with Gasteiger partial charge in [-0.05, 0) is 13.5 Å². The summed E-state index contributed by atoms with van der Waals surface area (Å²) in [6.07, 6.45) is 13.9. The molecule has 9 heteroatoms. The van der Waals surface area contributed by atoms with Gasteiger partial charge in [0.2, 0.25) is 0 Å². The molecule has 8 nitrogen and oxygen atoms in total. The van der Waals surface area contributed by atoms with E-state index in [1.54, 1.807) is 7.11 Å². The van der Waals surface area contributed by atoms with Crippen LogP contribution >= 0.6 is 7.82 Å². The number of nitrogens with zero attached hydrogens (tertiary/aromatic N) is 2. The van der Waals surface area contributed by atoms with Crippen LogP contribution in [0.25, 0.3) is 0 Å². The van der Waals surface area contributed by atoms with E-state index in [0.717, 1.165) is 32.6 Å². The zero-order chi connectivity index (χ0) is 24.2. The summed E-state index contributed by atoms with van der Waals surface area (Å²) in [6, 6.07) is 0. The first-order valence-electron chi connectivity index (χ1n) is 13.1. The van der Waals surface area contributed by atoms with Crippen LogP contribution in [0.3, 0.4) is 0 Å². The zero-order valence-electron chi connectivity index (χ0n) is 21.5. The van der Waals surface area contributed by atoms with Gasteiger partial charge in [0.15, 0.2) is 0 Å². The SMILES string of the molecule is CCCCCCCCCCCCCOCC(COP(=O)(O)OCCN1CCN(C)CC1)OC. The summed E-state index contributed by atoms with van der Waals surface area (Å²) >= 11 is 0. The third-order valence-corrected chi connectivity index (χ3v) is 7.19. The minimum absolute atomic E-state index is 0.0307. The van der Waals surface area contributed by atoms with Crippen LogP contribution in [0.2, 0.25) is 0 Å². The molecule has 0 amide bonds. The molecule has 1 saturated heterocycles. The molecule has 1 aliphatic rings. The Bertz CT molecular complexity index is 492. The summed E-state index contributed by atoms with van der Waals surface area (Å²) in [6.45, 7) is 7.93. The van der Waals surface area contributed by atoms with E-state index in [0.29, 0.717) is 19.8 Å². The number of ether oxygens (including phenoxy) is 2. The molecule has 198 valence electrons. The fraction of sp³-hybridized carbons (Fsp3) is 1.00. The lowest BCUT2D eigenvalue weighted by Gasteiger charge is -2.32. The molecule has 0 aromatic heterocycles. The molecule has 0 bridgehead atoms. The summed E-state index contributed by atoms with van der Waals surface area (Å²) < 4.78 is 33.3. The first kappa shape index (κ1) is 31.0. The highest BCUT2D eigenvalue weighted by Crippen LogP contribution is 2.43. The number of rotatable bonds is 22. The second-order valence-corrected chi connectivity index (χ2v) is 10.7. The Labute approximate surface area is 202 Å². The fourth-order valence-corrected chi connectivity index (χ4v) is 4.58. The highest BCUT2D eigenvalue weighted by atomic mass is 31.2. The standard InChI is InChI=1S/C24H51N2O6P/c1-4-5-6-7-8-9-10-11-12-13-14-20-30-22-24(29-3)23-32-33(27,28)31-21-19-26-17-15-25(2)16-18-26/h24H,4-23H2,1-3H3,(H,27,28). The third-order valence-electron chi connectivity index (χ3n) is 6.21. The number of likely N-dealkylation sites (N-methyl/N-ethyl adjacent to an activating group) is 1. The molecule has 1 heterocycles. The van der Waals surface area contributed by atoms with Gasteiger partial charge in [0.05, 0.1) is 19.8 Å². The molecule has 1 aliphatic heterocycles. The Balaban J connectivity index is 1.96. The minimum atomic E-state index is -4.08. The van der Waals surface area contributed by atoms with Crippen LogP contribution in [0, 0.1) is 0 Å². The van der Waals surface area contributed by atoms with E-state index in [1.165, 1.54) is 64.2 Å². The summed E-state index contributed by atoms with van der Waals surface area (Å²) in [5.74, 6) is 0. The van der Waals surface area contributed by atoms with Gasteiger partial charge in [-0.1, -0.05) is 71.1 Å². The zero-order valence-corrected chi connectivity index (χ0v) is 22.4. The highest BCUT2D eigenvalue weighted by molar-refractivity contribution is 7.47. The van der Waals surface area contributed by atoms with E-state index in [9.17, 15) is 9.46 Å². The fourth-order valence-electron chi connectivity index (χ4n) is 3.84. The molecule has 2 atom stereocenters. The van der Waals surface area contributed by atoms with Crippen LogP contribution in [-0.4, -0.2) is 94.1 Å². The maximum Gasteiger partial charge on any atom is 0.472 e. The summed E-state index contributed by atoms with van der Waals surface area (Å²) in [4.78, 5) is 14.4. The molecular weight excluding hydrogens is 443 g/mol. The number of phosphoric acid groups is 1. The van der Waals surface area contributed by atoms with Gasteiger partial charge in [-0.15, -0.1) is 0 Å². The first-order chi connectivity index (χ1) is 16.0. The van der Waals surface area contributed by atoms with E-state index in [2.05, 4.69) is 23.8 Å². The van der Waals surface area contributed by atoms with E-state index < -0.39 is 7.82 Å². The van der Waals surface area contributed by atoms with Crippen molar-refractivity contribution in [1.29, 1.82) is 0 Å². The lowest BCUT2D eigenvalue weighted by atomic mass is 10.1. The van der Waals surface area contributed by atoms with Crippen molar-refractivity contribution in [3.63, 3.8) is 0 Å². The molecule has 0 aromatic rings. The summed E-state index contributed by atoms with van der Waals surface area (Å²) in [5, 5.41) is 0. The monoisotopic (exact) mass is 494 g/mol. The maximum atomic E-state index is 12.1. The largest absolute Gasteiger partial charge is 0.472 e. The van der Waals surface area contributed by atoms with Gasteiger partial charge in [-0.2, -0.15) is 0 Å². The molecule has 33 heavy (non-hydrogen) atoms. The Morgan fingerprint density at radius 3 is 1.97 bits per heavy atom. The molecule has 0 aromatic carbocycles. The molecule has 1 fully saturated rings. The number of hydrogen-bond donors (Lipinski definition) is 1. The number of methoxy groups -OCH3 is 1. The van der Waals surface area contributed by atoms with Crippen molar-refractivity contribution in [3.8, 4) is 0 Å². The predicted molar refractivity (Wildman–Crippen MR) is 134 cm³/mol. The Morgan fingerprint density at radius 2 is 1.39 bits per heavy atom. The maximum absolute atomic E-state index is 12.1. The van der Waals surface area contributed by atoms with Crippen molar-refractivity contribution >= 4 is 7.82 Å². The van der Waals surface area contributed by atoms with Crippen molar-refractivity contribution in [3.05, 3.63) is 0 Å². The molecule has 0 spiro atoms. The van der Waals surface area contributed by atoms with E-state index >= 15 is 0 Å². The average Bonchev–Trinajstić information content (AvgIpc) is 2.80. The average molecular weight is 495 g/mol. The number of unbranched alkanes of at least 4 members (excludes halogenated alkanes) is 10. The van der Waals surface area contributed by atoms with E-state index in [-0.39, 0.29) is 19.3 Å². The van der Waals surface area contributed by atoms with Crippen LogP contribution in [-0.2, 0) is 23.1 Å². The van der Waals surface area contributed by atoms with Gasteiger partial charge in [-0.25, -0.2) is 4.57 Å². The molecule has 0 aliphatic carbocycles.